The summed E-state index contributed by atoms with van der Waals surface area (Å²) in [5.41, 5.74) is 5.48. The van der Waals surface area contributed by atoms with E-state index in [9.17, 15) is 13.2 Å². The molecule has 0 fully saturated rings. The van der Waals surface area contributed by atoms with Crippen LogP contribution >= 0.6 is 15.9 Å². The zero-order valence-corrected chi connectivity index (χ0v) is 9.69. The Morgan fingerprint density at radius 2 is 1.93 bits per heavy atom. The van der Waals surface area contributed by atoms with Gasteiger partial charge in [-0.1, -0.05) is 15.9 Å². The van der Waals surface area contributed by atoms with Crippen LogP contribution in [0.3, 0.4) is 0 Å². The van der Waals surface area contributed by atoms with Crippen molar-refractivity contribution in [2.24, 2.45) is 5.73 Å². The minimum absolute atomic E-state index is 0.152. The highest BCUT2D eigenvalue weighted by molar-refractivity contribution is 9.10. The highest BCUT2D eigenvalue weighted by atomic mass is 79.9. The molecule has 0 saturated carbocycles. The lowest BCUT2D eigenvalue weighted by atomic mass is 10.0. The fraction of sp³-hybridized carbons (Fsp3) is 0.400. The Bertz CT molecular complexity index is 347. The number of nitrogens with two attached hydrogens (primary N) is 1. The number of hydrogen-bond donors (Lipinski definition) is 1. The highest BCUT2D eigenvalue weighted by Gasteiger charge is 2.30. The molecule has 2 N–H and O–H groups in total. The van der Waals surface area contributed by atoms with E-state index in [0.717, 1.165) is 12.1 Å². The molecule has 0 radical (unpaired) electrons. The number of hydrogen-bond acceptors (Lipinski definition) is 1. The van der Waals surface area contributed by atoms with E-state index in [1.807, 2.05) is 0 Å². The van der Waals surface area contributed by atoms with Crippen LogP contribution in [0.15, 0.2) is 22.7 Å². The van der Waals surface area contributed by atoms with Gasteiger partial charge in [0.05, 0.1) is 5.56 Å². The molecule has 0 heterocycles. The molecule has 1 rings (SSSR count). The van der Waals surface area contributed by atoms with Crippen LogP contribution in [0.5, 0.6) is 0 Å². The molecule has 0 saturated heterocycles. The van der Waals surface area contributed by atoms with Gasteiger partial charge in [-0.2, -0.15) is 13.2 Å². The van der Waals surface area contributed by atoms with Crippen molar-refractivity contribution in [1.29, 1.82) is 0 Å². The Hall–Kier alpha value is -0.550. The summed E-state index contributed by atoms with van der Waals surface area (Å²) in [7, 11) is 0. The normalized spacial score (nSPS) is 14.0. The second-order valence-corrected chi connectivity index (χ2v) is 4.44. The molecule has 0 bridgehead atoms. The molecule has 0 aliphatic heterocycles. The fourth-order valence-electron chi connectivity index (χ4n) is 1.30. The maximum absolute atomic E-state index is 12.4. The molecule has 0 aromatic heterocycles. The third-order valence-corrected chi connectivity index (χ3v) is 2.30. The summed E-state index contributed by atoms with van der Waals surface area (Å²) >= 11 is 3.05. The van der Waals surface area contributed by atoms with Crippen molar-refractivity contribution in [3.05, 3.63) is 33.8 Å². The minimum atomic E-state index is -4.31. The van der Waals surface area contributed by atoms with Crippen LogP contribution in [0, 0.1) is 0 Å². The van der Waals surface area contributed by atoms with Gasteiger partial charge in [0, 0.05) is 10.5 Å². The zero-order valence-electron chi connectivity index (χ0n) is 8.11. The van der Waals surface area contributed by atoms with Crippen LogP contribution in [0.1, 0.15) is 18.1 Å². The molecule has 5 heteroatoms. The van der Waals surface area contributed by atoms with Crippen LogP contribution in [-0.4, -0.2) is 6.04 Å². The lowest BCUT2D eigenvalue weighted by molar-refractivity contribution is -0.137. The molecule has 1 aromatic rings. The first-order valence-electron chi connectivity index (χ1n) is 4.41. The zero-order chi connectivity index (χ0) is 11.6. The van der Waals surface area contributed by atoms with Gasteiger partial charge in [-0.15, -0.1) is 0 Å². The molecule has 84 valence electrons. The Morgan fingerprint density at radius 3 is 2.40 bits per heavy atom. The number of halogens is 4. The average molecular weight is 282 g/mol. The SMILES string of the molecule is CC(N)Cc1cc(Br)cc(C(F)(F)F)c1. The summed E-state index contributed by atoms with van der Waals surface area (Å²) in [5, 5.41) is 0. The Morgan fingerprint density at radius 1 is 1.33 bits per heavy atom. The molecule has 15 heavy (non-hydrogen) atoms. The van der Waals surface area contributed by atoms with Crippen molar-refractivity contribution in [2.45, 2.75) is 25.6 Å². The van der Waals surface area contributed by atoms with Crippen molar-refractivity contribution in [1.82, 2.24) is 0 Å². The largest absolute Gasteiger partial charge is 0.416 e. The molecule has 0 aliphatic carbocycles. The van der Waals surface area contributed by atoms with Gasteiger partial charge in [-0.25, -0.2) is 0 Å². The smallest absolute Gasteiger partial charge is 0.328 e. The van der Waals surface area contributed by atoms with Crippen molar-refractivity contribution in [3.8, 4) is 0 Å². The van der Waals surface area contributed by atoms with E-state index < -0.39 is 11.7 Å². The summed E-state index contributed by atoms with van der Waals surface area (Å²) in [6.45, 7) is 1.76. The standard InChI is InChI=1S/C10H11BrF3N/c1-6(15)2-7-3-8(10(12,13)14)5-9(11)4-7/h3-6H,2,15H2,1H3. The Balaban J connectivity index is 3.06. The van der Waals surface area contributed by atoms with Gasteiger partial charge in [-0.05, 0) is 37.1 Å². The number of rotatable bonds is 2. The molecule has 1 nitrogen and oxygen atoms in total. The lowest BCUT2D eigenvalue weighted by Gasteiger charge is -2.11. The van der Waals surface area contributed by atoms with Crippen LogP contribution in [0.2, 0.25) is 0 Å². The first kappa shape index (κ1) is 12.5. The molecule has 1 aromatic carbocycles. The molecule has 1 unspecified atom stereocenters. The second kappa shape index (κ2) is 4.53. The van der Waals surface area contributed by atoms with E-state index in [4.69, 9.17) is 5.73 Å². The summed E-state index contributed by atoms with van der Waals surface area (Å²) in [6.07, 6.45) is -3.88. The van der Waals surface area contributed by atoms with Crippen molar-refractivity contribution < 1.29 is 13.2 Å². The van der Waals surface area contributed by atoms with E-state index in [1.54, 1.807) is 13.0 Å². The average Bonchev–Trinajstić information content (AvgIpc) is 1.99. The molecular formula is C10H11BrF3N. The maximum atomic E-state index is 12.4. The monoisotopic (exact) mass is 281 g/mol. The molecular weight excluding hydrogens is 271 g/mol. The van der Waals surface area contributed by atoms with Gasteiger partial charge in [0.2, 0.25) is 0 Å². The predicted molar refractivity (Wildman–Crippen MR) is 56.5 cm³/mol. The number of alkyl halides is 3. The summed E-state index contributed by atoms with van der Waals surface area (Å²) in [4.78, 5) is 0. The second-order valence-electron chi connectivity index (χ2n) is 3.53. The van der Waals surface area contributed by atoms with Gasteiger partial charge < -0.3 is 5.73 Å². The lowest BCUT2D eigenvalue weighted by Crippen LogP contribution is -2.18. The first-order chi connectivity index (χ1) is 6.79. The van der Waals surface area contributed by atoms with Gasteiger partial charge in [-0.3, -0.25) is 0 Å². The number of benzene rings is 1. The van der Waals surface area contributed by atoms with E-state index in [1.165, 1.54) is 0 Å². The van der Waals surface area contributed by atoms with Crippen LogP contribution < -0.4 is 5.73 Å². The summed E-state index contributed by atoms with van der Waals surface area (Å²) in [5.74, 6) is 0. The van der Waals surface area contributed by atoms with Crippen LogP contribution in [0.4, 0.5) is 13.2 Å². The van der Waals surface area contributed by atoms with Crippen molar-refractivity contribution in [2.75, 3.05) is 0 Å². The van der Waals surface area contributed by atoms with Crippen LogP contribution in [-0.2, 0) is 12.6 Å². The van der Waals surface area contributed by atoms with Gasteiger partial charge in [0.15, 0.2) is 0 Å². The van der Waals surface area contributed by atoms with Gasteiger partial charge >= 0.3 is 6.18 Å². The van der Waals surface area contributed by atoms with E-state index in [0.29, 0.717) is 16.5 Å². The van der Waals surface area contributed by atoms with E-state index in [-0.39, 0.29) is 6.04 Å². The van der Waals surface area contributed by atoms with Gasteiger partial charge in [0.25, 0.3) is 0 Å². The van der Waals surface area contributed by atoms with E-state index >= 15 is 0 Å². The van der Waals surface area contributed by atoms with E-state index in [2.05, 4.69) is 15.9 Å². The molecule has 1 atom stereocenters. The maximum Gasteiger partial charge on any atom is 0.416 e. The quantitative estimate of drug-likeness (QED) is 0.884. The molecule has 0 spiro atoms. The molecule has 0 aliphatic rings. The van der Waals surface area contributed by atoms with Gasteiger partial charge in [0.1, 0.15) is 0 Å². The van der Waals surface area contributed by atoms with Crippen LogP contribution in [0.25, 0.3) is 0 Å². The predicted octanol–water partition coefficient (Wildman–Crippen LogP) is 3.36. The molecule has 0 amide bonds. The third-order valence-electron chi connectivity index (χ3n) is 1.84. The van der Waals surface area contributed by atoms with Crippen molar-refractivity contribution >= 4 is 15.9 Å². The van der Waals surface area contributed by atoms with Crippen molar-refractivity contribution in [3.63, 3.8) is 0 Å². The fourth-order valence-corrected chi connectivity index (χ4v) is 1.84. The highest BCUT2D eigenvalue weighted by Crippen LogP contribution is 2.32. The summed E-state index contributed by atoms with van der Waals surface area (Å²) in [6, 6.07) is 3.69. The Kier molecular flexibility index (Phi) is 3.78. The summed E-state index contributed by atoms with van der Waals surface area (Å²) < 4.78 is 37.7. The third kappa shape index (κ3) is 3.83. The first-order valence-corrected chi connectivity index (χ1v) is 5.20. The topological polar surface area (TPSA) is 26.0 Å². The minimum Gasteiger partial charge on any atom is -0.328 e. The Labute approximate surface area is 94.6 Å².